The highest BCUT2D eigenvalue weighted by atomic mass is 19.1. The van der Waals surface area contributed by atoms with Crippen LogP contribution in [0.5, 0.6) is 0 Å². The van der Waals surface area contributed by atoms with E-state index in [1.807, 2.05) is 0 Å². The van der Waals surface area contributed by atoms with E-state index in [1.54, 1.807) is 37.0 Å². The van der Waals surface area contributed by atoms with Gasteiger partial charge in [-0.1, -0.05) is 0 Å². The Labute approximate surface area is 109 Å². The maximum Gasteiger partial charge on any atom is 0.153 e. The van der Waals surface area contributed by atoms with Gasteiger partial charge in [-0.2, -0.15) is 5.10 Å². The summed E-state index contributed by atoms with van der Waals surface area (Å²) >= 11 is 0. The number of hydrogen-bond acceptors (Lipinski definition) is 3. The van der Waals surface area contributed by atoms with Gasteiger partial charge >= 0.3 is 0 Å². The molecule has 0 aliphatic carbocycles. The molecule has 0 saturated heterocycles. The molecule has 0 saturated carbocycles. The van der Waals surface area contributed by atoms with Crippen molar-refractivity contribution in [1.29, 1.82) is 0 Å². The maximum absolute atomic E-state index is 13.2. The SMILES string of the molecule is Cc1c(C(O)c2ccnn2C)oc2ccc(F)cc12. The lowest BCUT2D eigenvalue weighted by atomic mass is 10.1. The zero-order chi connectivity index (χ0) is 13.6. The van der Waals surface area contributed by atoms with Crippen molar-refractivity contribution in [2.45, 2.75) is 13.0 Å². The van der Waals surface area contributed by atoms with Gasteiger partial charge < -0.3 is 9.52 Å². The minimum absolute atomic E-state index is 0.321. The zero-order valence-electron chi connectivity index (χ0n) is 10.6. The Kier molecular flexibility index (Phi) is 2.64. The van der Waals surface area contributed by atoms with Crippen molar-refractivity contribution < 1.29 is 13.9 Å². The molecule has 0 amide bonds. The number of halogens is 1. The van der Waals surface area contributed by atoms with E-state index >= 15 is 0 Å². The molecule has 1 aromatic carbocycles. The Morgan fingerprint density at radius 2 is 2.16 bits per heavy atom. The van der Waals surface area contributed by atoms with E-state index in [0.29, 0.717) is 22.4 Å². The monoisotopic (exact) mass is 260 g/mol. The highest BCUT2D eigenvalue weighted by Gasteiger charge is 2.22. The molecule has 0 aliphatic rings. The van der Waals surface area contributed by atoms with Crippen LogP contribution in [0.2, 0.25) is 0 Å². The summed E-state index contributed by atoms with van der Waals surface area (Å²) in [6, 6.07) is 6.04. The molecule has 2 heterocycles. The number of aryl methyl sites for hydroxylation is 2. The summed E-state index contributed by atoms with van der Waals surface area (Å²) in [5, 5.41) is 15.1. The standard InChI is InChI=1S/C14H13FN2O2/c1-8-10-7-9(15)3-4-12(10)19-14(8)13(18)11-5-6-16-17(11)2/h3-7,13,18H,1-2H3. The van der Waals surface area contributed by atoms with Gasteiger partial charge in [0.25, 0.3) is 0 Å². The van der Waals surface area contributed by atoms with E-state index < -0.39 is 6.10 Å². The molecule has 0 bridgehead atoms. The Hall–Kier alpha value is -2.14. The second kappa shape index (κ2) is 4.20. The van der Waals surface area contributed by atoms with Crippen LogP contribution in [0.4, 0.5) is 4.39 Å². The van der Waals surface area contributed by atoms with Gasteiger partial charge in [-0.15, -0.1) is 0 Å². The van der Waals surface area contributed by atoms with Crippen LogP contribution in [0.25, 0.3) is 11.0 Å². The van der Waals surface area contributed by atoms with E-state index in [1.165, 1.54) is 12.1 Å². The van der Waals surface area contributed by atoms with Crippen LogP contribution in [0, 0.1) is 12.7 Å². The molecule has 0 aliphatic heterocycles. The van der Waals surface area contributed by atoms with Crippen molar-refractivity contribution in [2.75, 3.05) is 0 Å². The molecule has 4 nitrogen and oxygen atoms in total. The molecule has 98 valence electrons. The first-order chi connectivity index (χ1) is 9.08. The van der Waals surface area contributed by atoms with Crippen molar-refractivity contribution in [3.05, 3.63) is 53.3 Å². The van der Waals surface area contributed by atoms with Crippen molar-refractivity contribution in [2.24, 2.45) is 7.05 Å². The van der Waals surface area contributed by atoms with Crippen LogP contribution in [-0.2, 0) is 7.05 Å². The van der Waals surface area contributed by atoms with Gasteiger partial charge in [-0.3, -0.25) is 4.68 Å². The van der Waals surface area contributed by atoms with E-state index in [2.05, 4.69) is 5.10 Å². The lowest BCUT2D eigenvalue weighted by molar-refractivity contribution is 0.182. The predicted octanol–water partition coefficient (Wildman–Crippen LogP) is 2.70. The number of rotatable bonds is 2. The first-order valence-corrected chi connectivity index (χ1v) is 5.92. The molecule has 3 aromatic rings. The van der Waals surface area contributed by atoms with Gasteiger partial charge in [0.05, 0.1) is 5.69 Å². The molecule has 1 atom stereocenters. The van der Waals surface area contributed by atoms with Gasteiger partial charge in [-0.25, -0.2) is 4.39 Å². The normalized spacial score (nSPS) is 13.1. The van der Waals surface area contributed by atoms with Crippen molar-refractivity contribution in [3.63, 3.8) is 0 Å². The summed E-state index contributed by atoms with van der Waals surface area (Å²) in [5.41, 5.74) is 1.93. The molecule has 1 unspecified atom stereocenters. The maximum atomic E-state index is 13.2. The molecule has 5 heteroatoms. The summed E-state index contributed by atoms with van der Waals surface area (Å²) in [4.78, 5) is 0. The quantitative estimate of drug-likeness (QED) is 0.770. The molecule has 0 spiro atoms. The highest BCUT2D eigenvalue weighted by Crippen LogP contribution is 2.32. The Morgan fingerprint density at radius 1 is 1.37 bits per heavy atom. The zero-order valence-corrected chi connectivity index (χ0v) is 10.6. The molecule has 3 rings (SSSR count). The second-order valence-corrected chi connectivity index (χ2v) is 4.51. The summed E-state index contributed by atoms with van der Waals surface area (Å²) in [6.07, 6.45) is 0.693. The van der Waals surface area contributed by atoms with E-state index in [9.17, 15) is 9.50 Å². The van der Waals surface area contributed by atoms with Crippen LogP contribution in [0.15, 0.2) is 34.9 Å². The fourth-order valence-corrected chi connectivity index (χ4v) is 2.26. The number of aromatic nitrogens is 2. The lowest BCUT2D eigenvalue weighted by Crippen LogP contribution is -2.06. The van der Waals surface area contributed by atoms with Crippen LogP contribution in [0.1, 0.15) is 23.1 Å². The fraction of sp³-hybridized carbons (Fsp3) is 0.214. The Bertz CT molecular complexity index is 745. The second-order valence-electron chi connectivity index (χ2n) is 4.51. The van der Waals surface area contributed by atoms with Gasteiger partial charge in [-0.05, 0) is 31.2 Å². The van der Waals surface area contributed by atoms with E-state index in [-0.39, 0.29) is 5.82 Å². The van der Waals surface area contributed by atoms with Crippen molar-refractivity contribution in [1.82, 2.24) is 9.78 Å². The van der Waals surface area contributed by atoms with Crippen molar-refractivity contribution >= 4 is 11.0 Å². The van der Waals surface area contributed by atoms with Crippen LogP contribution in [-0.4, -0.2) is 14.9 Å². The summed E-state index contributed by atoms with van der Waals surface area (Å²) < 4.78 is 20.5. The smallest absolute Gasteiger partial charge is 0.153 e. The number of fused-ring (bicyclic) bond motifs is 1. The summed E-state index contributed by atoms with van der Waals surface area (Å²) in [7, 11) is 1.75. The average molecular weight is 260 g/mol. The molecule has 0 fully saturated rings. The van der Waals surface area contributed by atoms with Crippen LogP contribution >= 0.6 is 0 Å². The molecule has 2 aromatic heterocycles. The van der Waals surface area contributed by atoms with Crippen LogP contribution in [0.3, 0.4) is 0 Å². The Balaban J connectivity index is 2.15. The van der Waals surface area contributed by atoms with Crippen molar-refractivity contribution in [3.8, 4) is 0 Å². The highest BCUT2D eigenvalue weighted by molar-refractivity contribution is 5.82. The van der Waals surface area contributed by atoms with Gasteiger partial charge in [0, 0.05) is 24.2 Å². The molecule has 1 N–H and O–H groups in total. The largest absolute Gasteiger partial charge is 0.458 e. The number of nitrogens with zero attached hydrogens (tertiary/aromatic N) is 2. The number of hydrogen-bond donors (Lipinski definition) is 1. The predicted molar refractivity (Wildman–Crippen MR) is 68.2 cm³/mol. The van der Waals surface area contributed by atoms with E-state index in [4.69, 9.17) is 4.42 Å². The van der Waals surface area contributed by atoms with E-state index in [0.717, 1.165) is 5.56 Å². The lowest BCUT2D eigenvalue weighted by Gasteiger charge is -2.09. The topological polar surface area (TPSA) is 51.2 Å². The number of aliphatic hydroxyl groups is 1. The molecular weight excluding hydrogens is 247 g/mol. The third-order valence-electron chi connectivity index (χ3n) is 3.32. The van der Waals surface area contributed by atoms with Gasteiger partial charge in [0.1, 0.15) is 17.2 Å². The average Bonchev–Trinajstić information content (AvgIpc) is 2.94. The summed E-state index contributed by atoms with van der Waals surface area (Å²) in [5.74, 6) is 0.0992. The number of benzene rings is 1. The molecule has 0 radical (unpaired) electrons. The number of aliphatic hydroxyl groups excluding tert-OH is 1. The first-order valence-electron chi connectivity index (χ1n) is 5.92. The minimum atomic E-state index is -0.914. The third kappa shape index (κ3) is 1.82. The first kappa shape index (κ1) is 11.9. The molecular formula is C14H13FN2O2. The third-order valence-corrected chi connectivity index (χ3v) is 3.32. The van der Waals surface area contributed by atoms with Gasteiger partial charge in [0.15, 0.2) is 6.10 Å². The van der Waals surface area contributed by atoms with Crippen LogP contribution < -0.4 is 0 Å². The summed E-state index contributed by atoms with van der Waals surface area (Å²) in [6.45, 7) is 1.81. The Morgan fingerprint density at radius 3 is 2.84 bits per heavy atom. The fourth-order valence-electron chi connectivity index (χ4n) is 2.26. The number of furan rings is 1. The minimum Gasteiger partial charge on any atom is -0.458 e. The van der Waals surface area contributed by atoms with Gasteiger partial charge in [0.2, 0.25) is 0 Å². The molecule has 19 heavy (non-hydrogen) atoms.